The first-order valence-corrected chi connectivity index (χ1v) is 9.56. The second kappa shape index (κ2) is 6.65. The molecule has 4 rings (SSSR count). The van der Waals surface area contributed by atoms with E-state index in [1.54, 1.807) is 6.07 Å². The van der Waals surface area contributed by atoms with E-state index in [0.29, 0.717) is 40.8 Å². The van der Waals surface area contributed by atoms with Crippen LogP contribution in [-0.4, -0.2) is 16.1 Å². The third kappa shape index (κ3) is 3.07. The number of allylic oxidation sites excluding steroid dienone is 1. The molecule has 2 aliphatic rings. The molecule has 2 aromatic carbocycles. The highest BCUT2D eigenvalue weighted by atomic mass is 35.6. The largest absolute Gasteiger partial charge is 0.454 e. The van der Waals surface area contributed by atoms with Gasteiger partial charge in [-0.3, -0.25) is 4.79 Å². The van der Waals surface area contributed by atoms with E-state index < -0.39 is 9.58 Å². The Labute approximate surface area is 171 Å². The number of Topliss-reactive ketones (excluding diaryl/α,β-unsaturated/α-hetero) is 1. The summed E-state index contributed by atoms with van der Waals surface area (Å²) < 4.78 is 4.11. The minimum Gasteiger partial charge on any atom is -0.454 e. The van der Waals surface area contributed by atoms with Crippen molar-refractivity contribution < 1.29 is 9.53 Å². The van der Waals surface area contributed by atoms with Crippen LogP contribution in [0.3, 0.4) is 0 Å². The van der Waals surface area contributed by atoms with Gasteiger partial charge in [0.1, 0.15) is 5.75 Å². The minimum atomic E-state index is -2.01. The van der Waals surface area contributed by atoms with Gasteiger partial charge in [0.25, 0.3) is 3.79 Å². The lowest BCUT2D eigenvalue weighted by Crippen LogP contribution is -2.32. The Balaban J connectivity index is 2.03. The molecule has 0 saturated heterocycles. The number of carbonyl (C=O) groups excluding carboxylic acids is 1. The fourth-order valence-electron chi connectivity index (χ4n) is 3.41. The quantitative estimate of drug-likeness (QED) is 0.492. The molecule has 0 saturated carbocycles. The molecule has 2 heterocycles. The van der Waals surface area contributed by atoms with E-state index in [0.717, 1.165) is 17.7 Å². The van der Waals surface area contributed by atoms with E-state index in [2.05, 4.69) is 0 Å². The van der Waals surface area contributed by atoms with Crippen LogP contribution in [0.25, 0.3) is 5.70 Å². The van der Waals surface area contributed by atoms with Crippen molar-refractivity contribution in [2.24, 2.45) is 0 Å². The van der Waals surface area contributed by atoms with Crippen LogP contribution in [0, 0.1) is 0 Å². The Morgan fingerprint density at radius 1 is 1.08 bits per heavy atom. The van der Waals surface area contributed by atoms with Crippen LogP contribution in [0.5, 0.6) is 11.5 Å². The maximum absolute atomic E-state index is 12.8. The molecule has 26 heavy (non-hydrogen) atoms. The summed E-state index contributed by atoms with van der Waals surface area (Å²) in [5.74, 6) is 0.798. The maximum atomic E-state index is 12.8. The molecule has 0 radical (unpaired) electrons. The second-order valence-electron chi connectivity index (χ2n) is 6.12. The van der Waals surface area contributed by atoms with Crippen molar-refractivity contribution in [3.63, 3.8) is 0 Å². The molecule has 0 N–H and O–H groups in total. The summed E-state index contributed by atoms with van der Waals surface area (Å²) in [6, 6.07) is 13.0. The van der Waals surface area contributed by atoms with Gasteiger partial charge in [-0.05, 0) is 43.2 Å². The van der Waals surface area contributed by atoms with Crippen LogP contribution in [0.2, 0.25) is 5.02 Å². The number of benzene rings is 2. The zero-order valence-electron chi connectivity index (χ0n) is 13.4. The van der Waals surface area contributed by atoms with Crippen molar-refractivity contribution in [1.29, 1.82) is 0 Å². The Morgan fingerprint density at radius 3 is 2.62 bits per heavy atom. The van der Waals surface area contributed by atoms with Crippen LogP contribution < -0.4 is 9.64 Å². The summed E-state index contributed by atoms with van der Waals surface area (Å²) >= 11 is 24.0. The van der Waals surface area contributed by atoms with E-state index in [9.17, 15) is 4.79 Å². The number of halogens is 4. The standard InChI is InChI=1S/C19H13Cl4NO2/c20-11-7-8-16-14(10-11)24-9-3-5-13(18(25)19(21,22)23)17(24)12-4-1-2-6-15(12)26-16/h1-2,4,6-8,10H,3,5,9H2. The molecular weight excluding hydrogens is 416 g/mol. The van der Waals surface area contributed by atoms with E-state index in [4.69, 9.17) is 51.1 Å². The van der Waals surface area contributed by atoms with Gasteiger partial charge in [0.05, 0.1) is 11.4 Å². The van der Waals surface area contributed by atoms with Gasteiger partial charge in [0.2, 0.25) is 5.78 Å². The highest BCUT2D eigenvalue weighted by Crippen LogP contribution is 2.48. The Hall–Kier alpha value is -1.39. The molecule has 0 aliphatic carbocycles. The molecule has 0 atom stereocenters. The van der Waals surface area contributed by atoms with Crippen molar-refractivity contribution in [2.75, 3.05) is 11.4 Å². The smallest absolute Gasteiger partial charge is 0.253 e. The van der Waals surface area contributed by atoms with Crippen LogP contribution in [0.1, 0.15) is 18.4 Å². The number of anilines is 1. The summed E-state index contributed by atoms with van der Waals surface area (Å²) in [7, 11) is 0. The summed E-state index contributed by atoms with van der Waals surface area (Å²) in [6.45, 7) is 0.705. The average molecular weight is 429 g/mol. The SMILES string of the molecule is O=C(C1=C2c3ccccc3Oc3ccc(Cl)cc3N2CCC1)C(Cl)(Cl)Cl. The third-order valence-corrected chi connectivity index (χ3v) is 5.22. The number of ketones is 1. The molecule has 0 amide bonds. The number of nitrogens with zero attached hydrogens (tertiary/aromatic N) is 1. The normalized spacial score (nSPS) is 16.2. The first-order valence-electron chi connectivity index (χ1n) is 8.05. The van der Waals surface area contributed by atoms with Crippen LogP contribution in [0.4, 0.5) is 5.69 Å². The highest BCUT2D eigenvalue weighted by molar-refractivity contribution is 6.77. The lowest BCUT2D eigenvalue weighted by molar-refractivity contribution is -0.114. The first kappa shape index (κ1) is 18.0. The zero-order valence-corrected chi connectivity index (χ0v) is 16.5. The average Bonchev–Trinajstić information content (AvgIpc) is 2.75. The second-order valence-corrected chi connectivity index (χ2v) is 8.84. The number of ether oxygens (including phenoxy) is 1. The van der Waals surface area contributed by atoms with E-state index in [1.165, 1.54) is 0 Å². The number of alkyl halides is 3. The number of para-hydroxylation sites is 1. The fraction of sp³-hybridized carbons (Fsp3) is 0.211. The molecule has 134 valence electrons. The third-order valence-electron chi connectivity index (χ3n) is 4.47. The molecule has 2 aliphatic heterocycles. The predicted molar refractivity (Wildman–Crippen MR) is 107 cm³/mol. The number of rotatable bonds is 1. The highest BCUT2D eigenvalue weighted by Gasteiger charge is 2.39. The first-order chi connectivity index (χ1) is 12.4. The molecule has 0 unspecified atom stereocenters. The lowest BCUT2D eigenvalue weighted by Gasteiger charge is -2.33. The molecule has 2 aromatic rings. The van der Waals surface area contributed by atoms with E-state index >= 15 is 0 Å². The van der Waals surface area contributed by atoms with Crippen LogP contribution in [-0.2, 0) is 4.79 Å². The van der Waals surface area contributed by atoms with Gasteiger partial charge in [0.15, 0.2) is 5.75 Å². The van der Waals surface area contributed by atoms with Crippen molar-refractivity contribution >= 4 is 63.6 Å². The topological polar surface area (TPSA) is 29.5 Å². The Bertz CT molecular complexity index is 933. The molecule has 0 bridgehead atoms. The summed E-state index contributed by atoms with van der Waals surface area (Å²) in [4.78, 5) is 14.9. The molecule has 0 spiro atoms. The molecule has 0 aromatic heterocycles. The van der Waals surface area contributed by atoms with Gasteiger partial charge in [-0.15, -0.1) is 0 Å². The predicted octanol–water partition coefficient (Wildman–Crippen LogP) is 6.40. The molecular formula is C19H13Cl4NO2. The fourth-order valence-corrected chi connectivity index (χ4v) is 3.91. The number of carbonyl (C=O) groups is 1. The van der Waals surface area contributed by atoms with Crippen molar-refractivity contribution in [3.8, 4) is 11.5 Å². The van der Waals surface area contributed by atoms with Gasteiger partial charge >= 0.3 is 0 Å². The van der Waals surface area contributed by atoms with Gasteiger partial charge in [-0.1, -0.05) is 58.5 Å². The van der Waals surface area contributed by atoms with E-state index in [-0.39, 0.29) is 0 Å². The summed E-state index contributed by atoms with van der Waals surface area (Å²) in [5.41, 5.74) is 2.78. The minimum absolute atomic E-state index is 0.486. The van der Waals surface area contributed by atoms with Crippen LogP contribution >= 0.6 is 46.4 Å². The zero-order chi connectivity index (χ0) is 18.5. The Morgan fingerprint density at radius 2 is 1.85 bits per heavy atom. The summed E-state index contributed by atoms with van der Waals surface area (Å²) in [6.07, 6.45) is 1.28. The molecule has 3 nitrogen and oxygen atoms in total. The van der Waals surface area contributed by atoms with Gasteiger partial charge < -0.3 is 9.64 Å². The van der Waals surface area contributed by atoms with Gasteiger partial charge in [0, 0.05) is 22.7 Å². The molecule has 0 fully saturated rings. The number of fused-ring (bicyclic) bond motifs is 5. The summed E-state index contributed by atoms with van der Waals surface area (Å²) in [5, 5.41) is 0.581. The van der Waals surface area contributed by atoms with Crippen molar-refractivity contribution in [1.82, 2.24) is 0 Å². The maximum Gasteiger partial charge on any atom is 0.253 e. The monoisotopic (exact) mass is 427 g/mol. The van der Waals surface area contributed by atoms with Crippen LogP contribution in [0.15, 0.2) is 48.0 Å². The van der Waals surface area contributed by atoms with Crippen molar-refractivity contribution in [3.05, 3.63) is 58.6 Å². The van der Waals surface area contributed by atoms with Gasteiger partial charge in [-0.25, -0.2) is 0 Å². The molecule has 7 heteroatoms. The van der Waals surface area contributed by atoms with Gasteiger partial charge in [-0.2, -0.15) is 0 Å². The van der Waals surface area contributed by atoms with Crippen molar-refractivity contribution in [2.45, 2.75) is 16.6 Å². The van der Waals surface area contributed by atoms with E-state index in [1.807, 2.05) is 41.3 Å². The number of hydrogen-bond donors (Lipinski definition) is 0. The number of hydrogen-bond acceptors (Lipinski definition) is 3. The Kier molecular flexibility index (Phi) is 4.60. The lowest BCUT2D eigenvalue weighted by atomic mass is 9.93.